The molecular formula is C11H18N6O2. The highest BCUT2D eigenvalue weighted by Gasteiger charge is 2.33. The van der Waals surface area contributed by atoms with Crippen LogP contribution in [0.4, 0.5) is 0 Å². The molecule has 1 aliphatic rings. The van der Waals surface area contributed by atoms with Gasteiger partial charge in [-0.3, -0.25) is 9.59 Å². The van der Waals surface area contributed by atoms with Crippen LogP contribution in [-0.2, 0) is 22.7 Å². The number of carbonyl (C=O) groups is 2. The van der Waals surface area contributed by atoms with E-state index in [0.717, 1.165) is 6.42 Å². The van der Waals surface area contributed by atoms with Gasteiger partial charge in [-0.05, 0) is 12.8 Å². The first-order valence-electron chi connectivity index (χ1n) is 6.26. The van der Waals surface area contributed by atoms with E-state index in [0.29, 0.717) is 25.2 Å². The van der Waals surface area contributed by atoms with Crippen LogP contribution in [0, 0.1) is 0 Å². The van der Waals surface area contributed by atoms with Gasteiger partial charge in [-0.1, -0.05) is 5.21 Å². The van der Waals surface area contributed by atoms with E-state index >= 15 is 0 Å². The van der Waals surface area contributed by atoms with Gasteiger partial charge in [0.15, 0.2) is 0 Å². The number of likely N-dealkylation sites (N-methyl/N-ethyl adjacent to an activating group) is 1. The maximum absolute atomic E-state index is 12.2. The minimum Gasteiger partial charge on any atom is -0.357 e. The standard InChI is InChI=1S/C11H18N6O2/c1-13-11(19)9-3-2-4-17(9)10(18)7-16-6-8(5-12)14-15-16/h6,9H,2-5,7,12H2,1H3,(H,13,19). The van der Waals surface area contributed by atoms with Crippen LogP contribution >= 0.6 is 0 Å². The van der Waals surface area contributed by atoms with Gasteiger partial charge in [0.05, 0.1) is 11.9 Å². The summed E-state index contributed by atoms with van der Waals surface area (Å²) in [5, 5.41) is 10.2. The Morgan fingerprint density at radius 2 is 2.37 bits per heavy atom. The van der Waals surface area contributed by atoms with Crippen LogP contribution in [0.5, 0.6) is 0 Å². The third kappa shape index (κ3) is 2.90. The van der Waals surface area contributed by atoms with Gasteiger partial charge >= 0.3 is 0 Å². The molecule has 1 atom stereocenters. The predicted molar refractivity (Wildman–Crippen MR) is 66.7 cm³/mol. The maximum atomic E-state index is 12.2. The zero-order valence-electron chi connectivity index (χ0n) is 10.9. The number of aromatic nitrogens is 3. The Morgan fingerprint density at radius 3 is 3.00 bits per heavy atom. The van der Waals surface area contributed by atoms with Gasteiger partial charge in [0.1, 0.15) is 12.6 Å². The Balaban J connectivity index is 2.00. The number of nitrogens with one attached hydrogen (secondary N) is 1. The predicted octanol–water partition coefficient (Wildman–Crippen LogP) is -1.53. The second-order valence-electron chi connectivity index (χ2n) is 4.47. The van der Waals surface area contributed by atoms with Crippen LogP contribution in [-0.4, -0.2) is 51.3 Å². The molecule has 2 heterocycles. The molecule has 1 aromatic rings. The minimum absolute atomic E-state index is 0.0838. The molecule has 0 spiro atoms. The number of carbonyl (C=O) groups excluding carboxylic acids is 2. The van der Waals surface area contributed by atoms with Crippen molar-refractivity contribution in [2.45, 2.75) is 32.0 Å². The van der Waals surface area contributed by atoms with Crippen molar-refractivity contribution in [1.29, 1.82) is 0 Å². The first kappa shape index (κ1) is 13.5. The SMILES string of the molecule is CNC(=O)C1CCCN1C(=O)Cn1cc(CN)nn1. The lowest BCUT2D eigenvalue weighted by Crippen LogP contribution is -2.46. The summed E-state index contributed by atoms with van der Waals surface area (Å²) in [5.41, 5.74) is 6.07. The highest BCUT2D eigenvalue weighted by atomic mass is 16.2. The van der Waals surface area contributed by atoms with Crippen molar-refractivity contribution in [2.75, 3.05) is 13.6 Å². The molecule has 1 aromatic heterocycles. The van der Waals surface area contributed by atoms with Gasteiger partial charge in [-0.15, -0.1) is 5.10 Å². The fourth-order valence-electron chi connectivity index (χ4n) is 2.24. The molecule has 8 nitrogen and oxygen atoms in total. The van der Waals surface area contributed by atoms with E-state index < -0.39 is 0 Å². The Hall–Kier alpha value is -1.96. The lowest BCUT2D eigenvalue weighted by atomic mass is 10.2. The summed E-state index contributed by atoms with van der Waals surface area (Å²) in [6, 6.07) is -0.366. The third-order valence-electron chi connectivity index (χ3n) is 3.21. The van der Waals surface area contributed by atoms with Crippen molar-refractivity contribution in [3.05, 3.63) is 11.9 Å². The number of likely N-dealkylation sites (tertiary alicyclic amines) is 1. The van der Waals surface area contributed by atoms with Gasteiger partial charge in [-0.2, -0.15) is 0 Å². The number of nitrogens with zero attached hydrogens (tertiary/aromatic N) is 4. The molecule has 1 saturated heterocycles. The Morgan fingerprint density at radius 1 is 1.58 bits per heavy atom. The molecule has 0 saturated carbocycles. The van der Waals surface area contributed by atoms with E-state index in [1.54, 1.807) is 18.1 Å². The number of nitrogens with two attached hydrogens (primary N) is 1. The van der Waals surface area contributed by atoms with Crippen LogP contribution in [0.2, 0.25) is 0 Å². The largest absolute Gasteiger partial charge is 0.357 e. The van der Waals surface area contributed by atoms with Gasteiger partial charge in [0, 0.05) is 20.1 Å². The molecule has 1 unspecified atom stereocenters. The van der Waals surface area contributed by atoms with Crippen molar-refractivity contribution in [3.63, 3.8) is 0 Å². The van der Waals surface area contributed by atoms with Crippen LogP contribution in [0.3, 0.4) is 0 Å². The summed E-state index contributed by atoms with van der Waals surface area (Å²) in [6.07, 6.45) is 3.19. The number of hydrogen-bond donors (Lipinski definition) is 2. The molecule has 104 valence electrons. The second-order valence-corrected chi connectivity index (χ2v) is 4.47. The summed E-state index contributed by atoms with van der Waals surface area (Å²) in [5.74, 6) is -0.244. The fourth-order valence-corrected chi connectivity index (χ4v) is 2.24. The van der Waals surface area contributed by atoms with Crippen LogP contribution in [0.1, 0.15) is 18.5 Å². The second kappa shape index (κ2) is 5.79. The molecule has 8 heteroatoms. The summed E-state index contributed by atoms with van der Waals surface area (Å²) in [4.78, 5) is 25.4. The van der Waals surface area contributed by atoms with Gasteiger partial charge < -0.3 is 16.0 Å². The van der Waals surface area contributed by atoms with Gasteiger partial charge in [0.2, 0.25) is 11.8 Å². The Bertz CT molecular complexity index is 472. The molecule has 1 aliphatic heterocycles. The van der Waals surface area contributed by atoms with Crippen LogP contribution in [0.25, 0.3) is 0 Å². The summed E-state index contributed by atoms with van der Waals surface area (Å²) >= 11 is 0. The monoisotopic (exact) mass is 266 g/mol. The zero-order chi connectivity index (χ0) is 13.8. The lowest BCUT2D eigenvalue weighted by molar-refractivity contribution is -0.138. The molecule has 3 N–H and O–H groups in total. The van der Waals surface area contributed by atoms with E-state index in [1.165, 1.54) is 4.68 Å². The fraction of sp³-hybridized carbons (Fsp3) is 0.636. The molecule has 1 fully saturated rings. The molecular weight excluding hydrogens is 248 g/mol. The maximum Gasteiger partial charge on any atom is 0.245 e. The molecule has 2 rings (SSSR count). The van der Waals surface area contributed by atoms with E-state index in [2.05, 4.69) is 15.6 Å². The summed E-state index contributed by atoms with van der Waals surface area (Å²) in [7, 11) is 1.58. The molecule has 0 radical (unpaired) electrons. The van der Waals surface area contributed by atoms with Crippen molar-refractivity contribution in [2.24, 2.45) is 5.73 Å². The average Bonchev–Trinajstić information content (AvgIpc) is 3.06. The number of hydrogen-bond acceptors (Lipinski definition) is 5. The number of amides is 2. The summed E-state index contributed by atoms with van der Waals surface area (Å²) in [6.45, 7) is 0.981. The Labute approximate surface area is 110 Å². The molecule has 19 heavy (non-hydrogen) atoms. The van der Waals surface area contributed by atoms with E-state index in [9.17, 15) is 9.59 Å². The average molecular weight is 266 g/mol. The van der Waals surface area contributed by atoms with E-state index in [1.807, 2.05) is 0 Å². The molecule has 0 aliphatic carbocycles. The van der Waals surface area contributed by atoms with Gasteiger partial charge in [-0.25, -0.2) is 4.68 Å². The molecule has 0 bridgehead atoms. The Kier molecular flexibility index (Phi) is 4.10. The van der Waals surface area contributed by atoms with Gasteiger partial charge in [0.25, 0.3) is 0 Å². The van der Waals surface area contributed by atoms with Crippen molar-refractivity contribution in [1.82, 2.24) is 25.2 Å². The normalized spacial score (nSPS) is 18.6. The van der Waals surface area contributed by atoms with E-state index in [-0.39, 0.29) is 24.4 Å². The van der Waals surface area contributed by atoms with Crippen LogP contribution < -0.4 is 11.1 Å². The lowest BCUT2D eigenvalue weighted by Gasteiger charge is -2.23. The molecule has 2 amide bonds. The van der Waals surface area contributed by atoms with Crippen molar-refractivity contribution >= 4 is 11.8 Å². The first-order valence-corrected chi connectivity index (χ1v) is 6.26. The quantitative estimate of drug-likeness (QED) is 0.688. The van der Waals surface area contributed by atoms with Crippen LogP contribution in [0.15, 0.2) is 6.20 Å². The summed E-state index contributed by atoms with van der Waals surface area (Å²) < 4.78 is 1.45. The highest BCUT2D eigenvalue weighted by molar-refractivity contribution is 5.87. The molecule has 0 aromatic carbocycles. The highest BCUT2D eigenvalue weighted by Crippen LogP contribution is 2.17. The zero-order valence-corrected chi connectivity index (χ0v) is 10.9. The minimum atomic E-state index is -0.366. The topological polar surface area (TPSA) is 106 Å². The smallest absolute Gasteiger partial charge is 0.245 e. The number of rotatable bonds is 4. The van der Waals surface area contributed by atoms with Crippen molar-refractivity contribution in [3.8, 4) is 0 Å². The first-order chi connectivity index (χ1) is 9.15. The third-order valence-corrected chi connectivity index (χ3v) is 3.21. The van der Waals surface area contributed by atoms with Crippen molar-refractivity contribution < 1.29 is 9.59 Å². The van der Waals surface area contributed by atoms with E-state index in [4.69, 9.17) is 5.73 Å².